The summed E-state index contributed by atoms with van der Waals surface area (Å²) in [5, 5.41) is 18.2. The van der Waals surface area contributed by atoms with E-state index < -0.39 is 31.0 Å². The number of esters is 4. The van der Waals surface area contributed by atoms with Crippen LogP contribution in [0.2, 0.25) is 0 Å². The molecule has 0 atom stereocenters. The van der Waals surface area contributed by atoms with Crippen LogP contribution in [0.5, 0.6) is 11.5 Å². The van der Waals surface area contributed by atoms with Crippen molar-refractivity contribution < 1.29 is 43.4 Å². The summed E-state index contributed by atoms with van der Waals surface area (Å²) >= 11 is 0. The average Bonchev–Trinajstić information content (AvgIpc) is 3.07. The first-order valence-electron chi connectivity index (χ1n) is 9.23. The first-order chi connectivity index (χ1) is 15.3. The second kappa shape index (κ2) is 8.46. The van der Waals surface area contributed by atoms with Gasteiger partial charge in [0.05, 0.1) is 22.3 Å². The van der Waals surface area contributed by atoms with E-state index in [1.165, 1.54) is 66.7 Å². The summed E-state index contributed by atoms with van der Waals surface area (Å²) < 4.78 is 14.9. The summed E-state index contributed by atoms with van der Waals surface area (Å²) in [6.45, 7) is 0. The third kappa shape index (κ3) is 4.26. The van der Waals surface area contributed by atoms with Crippen molar-refractivity contribution in [3.63, 3.8) is 0 Å². The predicted molar refractivity (Wildman–Crippen MR) is 109 cm³/mol. The lowest BCUT2D eigenvalue weighted by molar-refractivity contribution is 0.0443. The summed E-state index contributed by atoms with van der Waals surface area (Å²) in [6, 6.07) is 15.1. The third-order valence-corrected chi connectivity index (χ3v) is 4.57. The molecule has 9 nitrogen and oxygen atoms in total. The molecule has 0 amide bonds. The average molecular weight is 432 g/mol. The van der Waals surface area contributed by atoms with E-state index in [0.717, 1.165) is 0 Å². The Labute approximate surface area is 180 Å². The first-order valence-corrected chi connectivity index (χ1v) is 9.23. The molecule has 1 aliphatic heterocycles. The van der Waals surface area contributed by atoms with Crippen LogP contribution in [-0.2, 0) is 4.74 Å². The number of benzene rings is 3. The summed E-state index contributed by atoms with van der Waals surface area (Å²) in [7, 11) is -1.62. The molecule has 1 heterocycles. The van der Waals surface area contributed by atoms with Crippen LogP contribution in [-0.4, -0.2) is 41.0 Å². The number of hydrogen-bond donors (Lipinski definition) is 2. The minimum atomic E-state index is -1.62. The molecule has 10 heteroatoms. The van der Waals surface area contributed by atoms with Gasteiger partial charge in [0.2, 0.25) is 0 Å². The Balaban J connectivity index is 1.41. The number of carbonyl (C=O) groups is 4. The SMILES string of the molecule is O=C(Oc1ccc(B(O)O)cc1)c1ccc(OC(=O)c2ccc3c(c2)C(=O)OC3=O)cc1. The molecule has 158 valence electrons. The normalized spacial score (nSPS) is 12.1. The van der Waals surface area contributed by atoms with Crippen molar-refractivity contribution in [2.24, 2.45) is 0 Å². The van der Waals surface area contributed by atoms with Crippen LogP contribution in [0.25, 0.3) is 0 Å². The van der Waals surface area contributed by atoms with Crippen molar-refractivity contribution in [1.82, 2.24) is 0 Å². The summed E-state index contributed by atoms with van der Waals surface area (Å²) in [6.07, 6.45) is 0. The van der Waals surface area contributed by atoms with Crippen molar-refractivity contribution in [3.8, 4) is 11.5 Å². The molecule has 2 N–H and O–H groups in total. The molecule has 0 saturated carbocycles. The predicted octanol–water partition coefficient (Wildman–Crippen LogP) is 1.12. The fourth-order valence-electron chi connectivity index (χ4n) is 2.91. The van der Waals surface area contributed by atoms with Crippen molar-refractivity contribution in [1.29, 1.82) is 0 Å². The third-order valence-electron chi connectivity index (χ3n) is 4.57. The van der Waals surface area contributed by atoms with Crippen LogP contribution in [0, 0.1) is 0 Å². The van der Waals surface area contributed by atoms with E-state index in [0.29, 0.717) is 0 Å². The summed E-state index contributed by atoms with van der Waals surface area (Å²) in [4.78, 5) is 47.7. The van der Waals surface area contributed by atoms with Gasteiger partial charge in [-0.1, -0.05) is 12.1 Å². The number of cyclic esters (lactones) is 2. The zero-order chi connectivity index (χ0) is 22.8. The fourth-order valence-corrected chi connectivity index (χ4v) is 2.91. The van der Waals surface area contributed by atoms with E-state index >= 15 is 0 Å². The highest BCUT2D eigenvalue weighted by Gasteiger charge is 2.30. The maximum atomic E-state index is 12.4. The van der Waals surface area contributed by atoms with E-state index in [1.807, 2.05) is 0 Å². The number of rotatable bonds is 5. The van der Waals surface area contributed by atoms with Crippen molar-refractivity contribution >= 4 is 36.5 Å². The van der Waals surface area contributed by atoms with Gasteiger partial charge < -0.3 is 24.3 Å². The Morgan fingerprint density at radius 2 is 1.19 bits per heavy atom. The minimum Gasteiger partial charge on any atom is -0.423 e. The molecule has 3 aromatic carbocycles. The molecule has 3 aromatic rings. The van der Waals surface area contributed by atoms with Gasteiger partial charge in [0.1, 0.15) is 11.5 Å². The van der Waals surface area contributed by atoms with Gasteiger partial charge in [-0.15, -0.1) is 0 Å². The lowest BCUT2D eigenvalue weighted by Crippen LogP contribution is -2.29. The quantitative estimate of drug-likeness (QED) is 0.263. The first kappa shape index (κ1) is 21.0. The number of hydrogen-bond acceptors (Lipinski definition) is 9. The van der Waals surface area contributed by atoms with Gasteiger partial charge in [-0.25, -0.2) is 19.2 Å². The highest BCUT2D eigenvalue weighted by Crippen LogP contribution is 2.22. The Morgan fingerprint density at radius 3 is 1.78 bits per heavy atom. The van der Waals surface area contributed by atoms with Crippen LogP contribution < -0.4 is 14.9 Å². The van der Waals surface area contributed by atoms with E-state index in [1.54, 1.807) is 0 Å². The van der Waals surface area contributed by atoms with Crippen LogP contribution >= 0.6 is 0 Å². The van der Waals surface area contributed by atoms with E-state index in [9.17, 15) is 19.2 Å². The molecule has 0 unspecified atom stereocenters. The van der Waals surface area contributed by atoms with Gasteiger partial charge in [-0.05, 0) is 60.1 Å². The van der Waals surface area contributed by atoms with E-state index in [-0.39, 0.29) is 39.2 Å². The van der Waals surface area contributed by atoms with E-state index in [4.69, 9.17) is 19.5 Å². The molecule has 32 heavy (non-hydrogen) atoms. The van der Waals surface area contributed by atoms with Crippen LogP contribution in [0.15, 0.2) is 66.7 Å². The van der Waals surface area contributed by atoms with Crippen molar-refractivity contribution in [2.75, 3.05) is 0 Å². The van der Waals surface area contributed by atoms with Crippen LogP contribution in [0.4, 0.5) is 0 Å². The summed E-state index contributed by atoms with van der Waals surface area (Å²) in [5.74, 6) is -2.67. The molecule has 4 rings (SSSR count). The lowest BCUT2D eigenvalue weighted by Gasteiger charge is -2.07. The Bertz CT molecular complexity index is 1230. The molecule has 0 aliphatic carbocycles. The zero-order valence-corrected chi connectivity index (χ0v) is 16.2. The van der Waals surface area contributed by atoms with Crippen molar-refractivity contribution in [3.05, 3.63) is 89.0 Å². The standard InChI is InChI=1S/C22H13BO9/c24-19(30-16-8-4-14(5-9-16)23(28)29)12-1-6-15(7-2-12)31-20(25)13-3-10-17-18(11-13)22(27)32-21(17)26/h1-11,28-29H. The maximum absolute atomic E-state index is 12.4. The van der Waals surface area contributed by atoms with Crippen LogP contribution in [0.1, 0.15) is 41.4 Å². The van der Waals surface area contributed by atoms with Gasteiger partial charge in [-0.3, -0.25) is 0 Å². The van der Waals surface area contributed by atoms with Gasteiger partial charge >= 0.3 is 31.0 Å². The monoisotopic (exact) mass is 432 g/mol. The largest absolute Gasteiger partial charge is 0.488 e. The highest BCUT2D eigenvalue weighted by molar-refractivity contribution is 6.58. The number of fused-ring (bicyclic) bond motifs is 1. The molecule has 0 bridgehead atoms. The molecule has 0 aromatic heterocycles. The second-order valence-electron chi connectivity index (χ2n) is 6.68. The Morgan fingerprint density at radius 1 is 0.688 bits per heavy atom. The molecule has 0 radical (unpaired) electrons. The number of carbonyl (C=O) groups excluding carboxylic acids is 4. The van der Waals surface area contributed by atoms with Gasteiger partial charge in [0.15, 0.2) is 0 Å². The second-order valence-corrected chi connectivity index (χ2v) is 6.68. The molecule has 0 spiro atoms. The molecule has 0 fully saturated rings. The van der Waals surface area contributed by atoms with Gasteiger partial charge in [-0.2, -0.15) is 0 Å². The van der Waals surface area contributed by atoms with Gasteiger partial charge in [0.25, 0.3) is 0 Å². The van der Waals surface area contributed by atoms with E-state index in [2.05, 4.69) is 4.74 Å². The Hall–Kier alpha value is -4.28. The topological polar surface area (TPSA) is 136 Å². The maximum Gasteiger partial charge on any atom is 0.488 e. The zero-order valence-electron chi connectivity index (χ0n) is 16.2. The molecular formula is C22H13BO9. The minimum absolute atomic E-state index is 0.0101. The van der Waals surface area contributed by atoms with Crippen molar-refractivity contribution in [2.45, 2.75) is 0 Å². The molecule has 0 saturated heterocycles. The highest BCUT2D eigenvalue weighted by atomic mass is 16.6. The fraction of sp³-hybridized carbons (Fsp3) is 0. The van der Waals surface area contributed by atoms with Gasteiger partial charge in [0, 0.05) is 0 Å². The Kier molecular flexibility index (Phi) is 5.54. The lowest BCUT2D eigenvalue weighted by atomic mass is 9.80. The summed E-state index contributed by atoms with van der Waals surface area (Å²) in [5.41, 5.74) is 0.564. The smallest absolute Gasteiger partial charge is 0.423 e. The number of ether oxygens (including phenoxy) is 3. The molecule has 1 aliphatic rings. The molecular weight excluding hydrogens is 419 g/mol. The van der Waals surface area contributed by atoms with Crippen LogP contribution in [0.3, 0.4) is 0 Å².